The number of thiazole rings is 1. The predicted octanol–water partition coefficient (Wildman–Crippen LogP) is 5.64. The van der Waals surface area contributed by atoms with Crippen LogP contribution < -0.4 is 0 Å². The van der Waals surface area contributed by atoms with Gasteiger partial charge in [0.2, 0.25) is 5.91 Å². The van der Waals surface area contributed by atoms with Crippen molar-refractivity contribution in [1.82, 2.24) is 9.88 Å². The van der Waals surface area contributed by atoms with Gasteiger partial charge < -0.3 is 4.90 Å². The molecule has 4 rings (SSSR count). The van der Waals surface area contributed by atoms with E-state index in [0.717, 1.165) is 53.3 Å². The van der Waals surface area contributed by atoms with Gasteiger partial charge in [0.05, 0.1) is 16.3 Å². The number of amides is 1. The maximum absolute atomic E-state index is 12.9. The monoisotopic (exact) mass is 384 g/mol. The molecule has 1 saturated heterocycles. The summed E-state index contributed by atoms with van der Waals surface area (Å²) in [5, 5.41) is 1.80. The van der Waals surface area contributed by atoms with E-state index < -0.39 is 0 Å². The first-order valence-electron chi connectivity index (χ1n) is 9.10. The number of rotatable bonds is 4. The topological polar surface area (TPSA) is 33.2 Å². The Kier molecular flexibility index (Phi) is 5.23. The number of aryl methyl sites for hydroxylation is 1. The van der Waals surface area contributed by atoms with Gasteiger partial charge in [-0.25, -0.2) is 4.98 Å². The maximum atomic E-state index is 12.9. The van der Waals surface area contributed by atoms with Gasteiger partial charge >= 0.3 is 0 Å². The average Bonchev–Trinajstić information content (AvgIpc) is 3.11. The maximum Gasteiger partial charge on any atom is 0.223 e. The van der Waals surface area contributed by atoms with E-state index in [2.05, 4.69) is 11.0 Å². The minimum atomic E-state index is 0.124. The molecule has 2 aromatic carbocycles. The number of aromatic nitrogens is 1. The first-order valence-corrected chi connectivity index (χ1v) is 10.3. The SMILES string of the molecule is O=C(CCc1ccc(Cl)cc1)N1CCCCC1c1nc2ccccc2s1. The van der Waals surface area contributed by atoms with Gasteiger partial charge in [0, 0.05) is 18.0 Å². The number of fused-ring (bicyclic) bond motifs is 1. The molecule has 2 heterocycles. The van der Waals surface area contributed by atoms with E-state index in [1.807, 2.05) is 42.5 Å². The van der Waals surface area contributed by atoms with Crippen molar-refractivity contribution in [3.8, 4) is 0 Å². The molecule has 1 aliphatic rings. The van der Waals surface area contributed by atoms with Crippen LogP contribution in [0.25, 0.3) is 10.2 Å². The molecule has 3 nitrogen and oxygen atoms in total. The first kappa shape index (κ1) is 17.5. The average molecular weight is 385 g/mol. The summed E-state index contributed by atoms with van der Waals surface area (Å²) in [6.07, 6.45) is 4.52. The summed E-state index contributed by atoms with van der Waals surface area (Å²) in [4.78, 5) is 19.8. The lowest BCUT2D eigenvalue weighted by molar-refractivity contribution is -0.135. The van der Waals surface area contributed by atoms with Gasteiger partial charge in [0.15, 0.2) is 0 Å². The van der Waals surface area contributed by atoms with Crippen LogP contribution in [0.2, 0.25) is 5.02 Å². The van der Waals surface area contributed by atoms with Crippen molar-refractivity contribution >= 4 is 39.1 Å². The highest BCUT2D eigenvalue weighted by Gasteiger charge is 2.29. The fraction of sp³-hybridized carbons (Fsp3) is 0.333. The van der Waals surface area contributed by atoms with Gasteiger partial charge in [0.25, 0.3) is 0 Å². The van der Waals surface area contributed by atoms with Crippen molar-refractivity contribution in [2.24, 2.45) is 0 Å². The summed E-state index contributed by atoms with van der Waals surface area (Å²) < 4.78 is 1.20. The lowest BCUT2D eigenvalue weighted by Gasteiger charge is -2.34. The van der Waals surface area contributed by atoms with Crippen molar-refractivity contribution in [3.05, 3.63) is 64.1 Å². The third-order valence-corrected chi connectivity index (χ3v) is 6.35. The third kappa shape index (κ3) is 3.76. The molecule has 0 saturated carbocycles. The number of hydrogen-bond acceptors (Lipinski definition) is 3. The summed E-state index contributed by atoms with van der Waals surface area (Å²) in [6, 6.07) is 16.1. The van der Waals surface area contributed by atoms with Gasteiger partial charge in [-0.3, -0.25) is 4.79 Å². The van der Waals surface area contributed by atoms with Crippen LogP contribution in [0, 0.1) is 0 Å². The zero-order valence-corrected chi connectivity index (χ0v) is 16.1. The molecule has 1 aromatic heterocycles. The summed E-state index contributed by atoms with van der Waals surface area (Å²) in [5.74, 6) is 0.226. The molecule has 5 heteroatoms. The molecular weight excluding hydrogens is 364 g/mol. The van der Waals surface area contributed by atoms with E-state index in [0.29, 0.717) is 6.42 Å². The van der Waals surface area contributed by atoms with E-state index in [1.165, 1.54) is 4.70 Å². The van der Waals surface area contributed by atoms with E-state index in [1.54, 1.807) is 11.3 Å². The van der Waals surface area contributed by atoms with Crippen molar-refractivity contribution in [2.75, 3.05) is 6.54 Å². The number of para-hydroxylation sites is 1. The second kappa shape index (κ2) is 7.77. The molecule has 134 valence electrons. The highest BCUT2D eigenvalue weighted by molar-refractivity contribution is 7.18. The standard InChI is InChI=1S/C21H21ClN2OS/c22-16-11-8-15(9-12-16)10-13-20(25)24-14-4-3-6-18(24)21-23-17-5-1-2-7-19(17)26-21/h1-2,5,7-9,11-12,18H,3-4,6,10,13-14H2. The highest BCUT2D eigenvalue weighted by Crippen LogP contribution is 2.36. The van der Waals surface area contributed by atoms with Crippen LogP contribution in [0.4, 0.5) is 0 Å². The Morgan fingerprint density at radius 1 is 1.15 bits per heavy atom. The normalized spacial score (nSPS) is 17.6. The number of hydrogen-bond donors (Lipinski definition) is 0. The Labute approximate surface area is 162 Å². The van der Waals surface area contributed by atoms with E-state index in [9.17, 15) is 4.79 Å². The molecule has 1 atom stereocenters. The number of nitrogens with zero attached hydrogens (tertiary/aromatic N) is 2. The number of halogens is 1. The van der Waals surface area contributed by atoms with Crippen molar-refractivity contribution < 1.29 is 4.79 Å². The summed E-state index contributed by atoms with van der Waals surface area (Å²) >= 11 is 7.66. The van der Waals surface area contributed by atoms with Gasteiger partial charge in [-0.15, -0.1) is 11.3 Å². The lowest BCUT2D eigenvalue weighted by atomic mass is 10.0. The fourth-order valence-electron chi connectivity index (χ4n) is 3.57. The van der Waals surface area contributed by atoms with Gasteiger partial charge in [0.1, 0.15) is 5.01 Å². The van der Waals surface area contributed by atoms with Crippen LogP contribution in [0.1, 0.15) is 42.3 Å². The molecular formula is C21H21ClN2OS. The number of piperidine rings is 1. The molecule has 0 N–H and O–H groups in total. The van der Waals surface area contributed by atoms with E-state index in [4.69, 9.17) is 16.6 Å². The Hall–Kier alpha value is -1.91. The van der Waals surface area contributed by atoms with E-state index in [-0.39, 0.29) is 11.9 Å². The fourth-order valence-corrected chi connectivity index (χ4v) is 4.81. The Balaban J connectivity index is 1.49. The van der Waals surface area contributed by atoms with Crippen molar-refractivity contribution in [1.29, 1.82) is 0 Å². The van der Waals surface area contributed by atoms with Crippen LogP contribution in [-0.4, -0.2) is 22.3 Å². The number of benzene rings is 2. The van der Waals surface area contributed by atoms with Gasteiger partial charge in [-0.1, -0.05) is 35.9 Å². The van der Waals surface area contributed by atoms with Crippen molar-refractivity contribution in [2.45, 2.75) is 38.1 Å². The van der Waals surface area contributed by atoms with Crippen LogP contribution >= 0.6 is 22.9 Å². The summed E-state index contributed by atoms with van der Waals surface area (Å²) in [7, 11) is 0. The molecule has 3 aromatic rings. The molecule has 1 unspecified atom stereocenters. The minimum absolute atomic E-state index is 0.124. The molecule has 1 amide bonds. The molecule has 0 bridgehead atoms. The first-order chi connectivity index (χ1) is 12.7. The zero-order chi connectivity index (χ0) is 17.9. The zero-order valence-electron chi connectivity index (χ0n) is 14.5. The van der Waals surface area contributed by atoms with Crippen LogP contribution in [0.3, 0.4) is 0 Å². The molecule has 26 heavy (non-hydrogen) atoms. The smallest absolute Gasteiger partial charge is 0.223 e. The molecule has 1 aliphatic heterocycles. The summed E-state index contributed by atoms with van der Waals surface area (Å²) in [6.45, 7) is 0.833. The van der Waals surface area contributed by atoms with E-state index >= 15 is 0 Å². The Morgan fingerprint density at radius 3 is 2.77 bits per heavy atom. The van der Waals surface area contributed by atoms with Crippen molar-refractivity contribution in [3.63, 3.8) is 0 Å². The molecule has 0 radical (unpaired) electrons. The van der Waals surface area contributed by atoms with Gasteiger partial charge in [-0.2, -0.15) is 0 Å². The molecule has 0 aliphatic carbocycles. The van der Waals surface area contributed by atoms with Crippen LogP contribution in [0.15, 0.2) is 48.5 Å². The summed E-state index contributed by atoms with van der Waals surface area (Å²) in [5.41, 5.74) is 2.18. The second-order valence-electron chi connectivity index (χ2n) is 6.75. The lowest BCUT2D eigenvalue weighted by Crippen LogP contribution is -2.38. The predicted molar refractivity (Wildman–Crippen MR) is 108 cm³/mol. The van der Waals surface area contributed by atoms with Gasteiger partial charge in [-0.05, 0) is 55.5 Å². The number of likely N-dealkylation sites (tertiary alicyclic amines) is 1. The Morgan fingerprint density at radius 2 is 1.96 bits per heavy atom. The minimum Gasteiger partial charge on any atom is -0.333 e. The number of carbonyl (C=O) groups excluding carboxylic acids is 1. The largest absolute Gasteiger partial charge is 0.333 e. The quantitative estimate of drug-likeness (QED) is 0.583. The Bertz CT molecular complexity index is 873. The molecule has 1 fully saturated rings. The number of carbonyl (C=O) groups is 1. The second-order valence-corrected chi connectivity index (χ2v) is 8.24. The highest BCUT2D eigenvalue weighted by atomic mass is 35.5. The van der Waals surface area contributed by atoms with Crippen LogP contribution in [-0.2, 0) is 11.2 Å². The third-order valence-electron chi connectivity index (χ3n) is 4.96. The molecule has 0 spiro atoms. The van der Waals surface area contributed by atoms with Crippen LogP contribution in [0.5, 0.6) is 0 Å².